The molecule has 0 bridgehead atoms. The highest BCUT2D eigenvalue weighted by Crippen LogP contribution is 2.34. The average molecular weight is 278 g/mol. The van der Waals surface area contributed by atoms with Crippen LogP contribution >= 0.6 is 23.2 Å². The molecule has 0 N–H and O–H groups in total. The Morgan fingerprint density at radius 1 is 1.29 bits per heavy atom. The van der Waals surface area contributed by atoms with Crippen LogP contribution in [0.15, 0.2) is 12.1 Å². The summed E-state index contributed by atoms with van der Waals surface area (Å²) in [6.07, 6.45) is 0. The summed E-state index contributed by atoms with van der Waals surface area (Å²) in [5.41, 5.74) is -0.122. The van der Waals surface area contributed by atoms with Crippen LogP contribution in [0.5, 0.6) is 5.75 Å². The second-order valence-electron chi connectivity index (χ2n) is 2.89. The molecular weight excluding hydrogens is 271 g/mol. The monoisotopic (exact) mass is 277 g/mol. The molecule has 0 fully saturated rings. The maximum absolute atomic E-state index is 11.6. The van der Waals surface area contributed by atoms with E-state index >= 15 is 0 Å². The van der Waals surface area contributed by atoms with Gasteiger partial charge in [-0.2, -0.15) is 0 Å². The van der Waals surface area contributed by atoms with Crippen molar-refractivity contribution in [3.8, 4) is 5.75 Å². The normalized spacial score (nSPS) is 9.82. The van der Waals surface area contributed by atoms with Crippen LogP contribution < -0.4 is 9.84 Å². The van der Waals surface area contributed by atoms with Crippen LogP contribution in [0.1, 0.15) is 10.4 Å². The Hall–Kier alpha value is -1.46. The Balaban J connectivity index is 3.07. The van der Waals surface area contributed by atoms with E-state index in [0.717, 1.165) is 0 Å². The third-order valence-electron chi connectivity index (χ3n) is 1.79. The number of esters is 1. The van der Waals surface area contributed by atoms with Gasteiger partial charge in [-0.05, 0) is 12.1 Å². The second kappa shape index (κ2) is 5.75. The van der Waals surface area contributed by atoms with Crippen molar-refractivity contribution in [2.24, 2.45) is 0 Å². The van der Waals surface area contributed by atoms with Gasteiger partial charge < -0.3 is 19.4 Å². The molecule has 0 amide bonds. The highest BCUT2D eigenvalue weighted by atomic mass is 35.5. The maximum Gasteiger partial charge on any atom is 0.343 e. The quantitative estimate of drug-likeness (QED) is 0.765. The largest absolute Gasteiger partial charge is 0.546 e. The summed E-state index contributed by atoms with van der Waals surface area (Å²) in [6, 6.07) is 2.82. The molecule has 0 aliphatic rings. The lowest BCUT2D eigenvalue weighted by molar-refractivity contribution is -0.308. The SMILES string of the molecule is COc1c(Cl)ccc(Cl)c1C(=O)OCC(=O)[O-]. The van der Waals surface area contributed by atoms with Crippen molar-refractivity contribution < 1.29 is 24.2 Å². The van der Waals surface area contributed by atoms with Gasteiger partial charge in [0.2, 0.25) is 0 Å². The zero-order valence-corrected chi connectivity index (χ0v) is 10.2. The van der Waals surface area contributed by atoms with Crippen molar-refractivity contribution >= 4 is 35.1 Å². The van der Waals surface area contributed by atoms with Crippen LogP contribution in [0.2, 0.25) is 10.0 Å². The topological polar surface area (TPSA) is 75.7 Å². The number of hydrogen-bond acceptors (Lipinski definition) is 5. The van der Waals surface area contributed by atoms with Gasteiger partial charge in [-0.3, -0.25) is 0 Å². The Labute approximate surface area is 107 Å². The predicted octanol–water partition coefficient (Wildman–Crippen LogP) is 0.909. The van der Waals surface area contributed by atoms with Gasteiger partial charge >= 0.3 is 5.97 Å². The van der Waals surface area contributed by atoms with Crippen molar-refractivity contribution in [2.45, 2.75) is 0 Å². The molecule has 0 aromatic heterocycles. The lowest BCUT2D eigenvalue weighted by Crippen LogP contribution is -2.29. The van der Waals surface area contributed by atoms with Gasteiger partial charge in [0.05, 0.1) is 23.1 Å². The minimum atomic E-state index is -1.52. The molecule has 17 heavy (non-hydrogen) atoms. The number of methoxy groups -OCH3 is 1. The summed E-state index contributed by atoms with van der Waals surface area (Å²) in [5, 5.41) is 10.4. The zero-order valence-electron chi connectivity index (χ0n) is 8.66. The summed E-state index contributed by atoms with van der Waals surface area (Å²) in [5.74, 6) is -2.43. The molecule has 1 aromatic rings. The van der Waals surface area contributed by atoms with Crippen molar-refractivity contribution in [1.29, 1.82) is 0 Å². The van der Waals surface area contributed by atoms with E-state index in [2.05, 4.69) is 4.74 Å². The molecule has 7 heteroatoms. The number of carbonyl (C=O) groups is 2. The molecule has 5 nitrogen and oxygen atoms in total. The number of carboxylic acid groups (broad SMARTS) is 1. The van der Waals surface area contributed by atoms with E-state index in [9.17, 15) is 14.7 Å². The fourth-order valence-electron chi connectivity index (χ4n) is 1.12. The molecule has 0 radical (unpaired) electrons. The summed E-state index contributed by atoms with van der Waals surface area (Å²) < 4.78 is 9.35. The number of carbonyl (C=O) groups excluding carboxylic acids is 2. The number of benzene rings is 1. The third kappa shape index (κ3) is 3.25. The lowest BCUT2D eigenvalue weighted by atomic mass is 10.2. The highest BCUT2D eigenvalue weighted by molar-refractivity contribution is 6.37. The molecule has 0 aliphatic carbocycles. The smallest absolute Gasteiger partial charge is 0.343 e. The fourth-order valence-corrected chi connectivity index (χ4v) is 1.58. The summed E-state index contributed by atoms with van der Waals surface area (Å²) in [4.78, 5) is 21.7. The minimum absolute atomic E-state index is 0.0301. The molecule has 92 valence electrons. The predicted molar refractivity (Wildman–Crippen MR) is 58.3 cm³/mol. The Bertz CT molecular complexity index is 458. The van der Waals surface area contributed by atoms with Gasteiger partial charge in [-0.15, -0.1) is 0 Å². The van der Waals surface area contributed by atoms with E-state index in [1.165, 1.54) is 19.2 Å². The summed E-state index contributed by atoms with van der Waals surface area (Å²) in [6.45, 7) is -0.870. The van der Waals surface area contributed by atoms with Gasteiger partial charge in [0.1, 0.15) is 12.2 Å². The molecule has 0 atom stereocenters. The second-order valence-corrected chi connectivity index (χ2v) is 3.70. The lowest BCUT2D eigenvalue weighted by Gasteiger charge is -2.11. The Kier molecular flexibility index (Phi) is 4.60. The van der Waals surface area contributed by atoms with Crippen molar-refractivity contribution in [1.82, 2.24) is 0 Å². The number of hydrogen-bond donors (Lipinski definition) is 0. The van der Waals surface area contributed by atoms with Gasteiger partial charge in [0, 0.05) is 0 Å². The summed E-state index contributed by atoms with van der Waals surface area (Å²) >= 11 is 11.6. The van der Waals surface area contributed by atoms with Gasteiger partial charge in [-0.1, -0.05) is 23.2 Å². The number of rotatable bonds is 4. The van der Waals surface area contributed by atoms with Crippen LogP contribution in [0.3, 0.4) is 0 Å². The molecule has 0 saturated carbocycles. The molecule has 0 heterocycles. The fraction of sp³-hybridized carbons (Fsp3) is 0.200. The average Bonchev–Trinajstić information content (AvgIpc) is 2.28. The van der Waals surface area contributed by atoms with E-state index in [0.29, 0.717) is 0 Å². The van der Waals surface area contributed by atoms with Crippen LogP contribution in [0.25, 0.3) is 0 Å². The number of halogens is 2. The molecule has 0 saturated heterocycles. The van der Waals surface area contributed by atoms with Gasteiger partial charge in [-0.25, -0.2) is 4.79 Å². The number of carboxylic acids is 1. The highest BCUT2D eigenvalue weighted by Gasteiger charge is 2.20. The van der Waals surface area contributed by atoms with Crippen LogP contribution in [0.4, 0.5) is 0 Å². The first kappa shape index (κ1) is 13.6. The molecule has 0 aliphatic heterocycles. The van der Waals surface area contributed by atoms with E-state index < -0.39 is 18.5 Å². The van der Waals surface area contributed by atoms with E-state index in [4.69, 9.17) is 27.9 Å². The maximum atomic E-state index is 11.6. The van der Waals surface area contributed by atoms with Crippen LogP contribution in [-0.4, -0.2) is 25.7 Å². The first-order valence-electron chi connectivity index (χ1n) is 4.36. The molecule has 1 aromatic carbocycles. The number of ether oxygens (including phenoxy) is 2. The van der Waals surface area contributed by atoms with Crippen molar-refractivity contribution in [2.75, 3.05) is 13.7 Å². The molecule has 0 unspecified atom stereocenters. The van der Waals surface area contributed by atoms with Crippen molar-refractivity contribution in [3.05, 3.63) is 27.7 Å². The molecule has 1 rings (SSSR count). The van der Waals surface area contributed by atoms with E-state index in [-0.39, 0.29) is 21.4 Å². The van der Waals surface area contributed by atoms with E-state index in [1.54, 1.807) is 0 Å². The standard InChI is InChI=1S/C10H8Cl2O5/c1-16-9-6(12)3-2-5(11)8(9)10(15)17-4-7(13)14/h2-3H,4H2,1H3,(H,13,14)/p-1. The first-order valence-corrected chi connectivity index (χ1v) is 5.12. The molecular formula is C10H7Cl2O5-. The van der Waals surface area contributed by atoms with E-state index in [1.807, 2.05) is 0 Å². The molecule has 0 spiro atoms. The minimum Gasteiger partial charge on any atom is -0.546 e. The first-order chi connectivity index (χ1) is 7.97. The zero-order chi connectivity index (χ0) is 13.0. The number of aliphatic carboxylic acids is 1. The van der Waals surface area contributed by atoms with Gasteiger partial charge in [0.15, 0.2) is 5.75 Å². The third-order valence-corrected chi connectivity index (χ3v) is 2.40. The van der Waals surface area contributed by atoms with Crippen LogP contribution in [0, 0.1) is 0 Å². The van der Waals surface area contributed by atoms with Crippen LogP contribution in [-0.2, 0) is 9.53 Å². The van der Waals surface area contributed by atoms with Gasteiger partial charge in [0.25, 0.3) is 0 Å². The Morgan fingerprint density at radius 2 is 1.88 bits per heavy atom. The Morgan fingerprint density at radius 3 is 2.41 bits per heavy atom. The summed E-state index contributed by atoms with van der Waals surface area (Å²) in [7, 11) is 1.30. The van der Waals surface area contributed by atoms with Crippen molar-refractivity contribution in [3.63, 3.8) is 0 Å².